The van der Waals surface area contributed by atoms with E-state index in [1.807, 2.05) is 30.3 Å². The lowest BCUT2D eigenvalue weighted by Crippen LogP contribution is -2.41. The van der Waals surface area contributed by atoms with Crippen molar-refractivity contribution in [1.29, 1.82) is 0 Å². The Morgan fingerprint density at radius 3 is 2.42 bits per heavy atom. The van der Waals surface area contributed by atoms with E-state index in [-0.39, 0.29) is 5.75 Å². The van der Waals surface area contributed by atoms with Gasteiger partial charge in [-0.15, -0.1) is 0 Å². The third-order valence-electron chi connectivity index (χ3n) is 2.79. The van der Waals surface area contributed by atoms with Crippen LogP contribution in [0.2, 0.25) is 0 Å². The van der Waals surface area contributed by atoms with Crippen molar-refractivity contribution < 1.29 is 20.0 Å². The molecule has 0 aliphatic rings. The summed E-state index contributed by atoms with van der Waals surface area (Å²) < 4.78 is 4.65. The summed E-state index contributed by atoms with van der Waals surface area (Å²) in [6.07, 6.45) is 0. The van der Waals surface area contributed by atoms with E-state index >= 15 is 0 Å². The lowest BCUT2D eigenvalue weighted by Gasteiger charge is -2.05. The molecule has 0 aliphatic heterocycles. The first-order chi connectivity index (χ1) is 9.13. The number of hydrogen-bond donors (Lipinski definition) is 2. The first kappa shape index (κ1) is 12.8. The first-order valence-corrected chi connectivity index (χ1v) is 5.73. The quantitative estimate of drug-likeness (QED) is 0.629. The van der Waals surface area contributed by atoms with Crippen LogP contribution in [0.1, 0.15) is 21.5 Å². The molecule has 3 N–H and O–H groups in total. The zero-order valence-corrected chi connectivity index (χ0v) is 10.5. The molecule has 96 valence electrons. The van der Waals surface area contributed by atoms with Crippen LogP contribution in [0.25, 0.3) is 0 Å². The number of phenolic OH excluding ortho intramolecular Hbond substituents is 1. The molecule has 4 heteroatoms. The van der Waals surface area contributed by atoms with Gasteiger partial charge >= 0.3 is 5.97 Å². The van der Waals surface area contributed by atoms with Crippen molar-refractivity contribution in [2.45, 2.75) is 0 Å². The minimum Gasteiger partial charge on any atom is -0.507 e. The van der Waals surface area contributed by atoms with E-state index < -0.39 is 5.97 Å². The Morgan fingerprint density at radius 1 is 1.11 bits per heavy atom. The maximum atomic E-state index is 11.5. The maximum absolute atomic E-state index is 11.5. The molecular weight excluding hydrogens is 242 g/mol. The van der Waals surface area contributed by atoms with E-state index in [1.165, 1.54) is 25.3 Å². The van der Waals surface area contributed by atoms with E-state index in [1.54, 1.807) is 0 Å². The molecule has 0 aromatic heterocycles. The number of nitrogens with two attached hydrogens (primary N) is 1. The van der Waals surface area contributed by atoms with Crippen molar-refractivity contribution in [3.05, 3.63) is 65.2 Å². The van der Waals surface area contributed by atoms with Crippen LogP contribution in [0, 0.1) is 0 Å². The van der Waals surface area contributed by atoms with E-state index in [2.05, 4.69) is 4.74 Å². The van der Waals surface area contributed by atoms with Crippen LogP contribution in [0.4, 0.5) is 0 Å². The normalized spacial score (nSPS) is 9.95. The van der Waals surface area contributed by atoms with Gasteiger partial charge in [-0.1, -0.05) is 18.2 Å². The number of carbonyl (C=O) groups excluding carboxylic acids is 1. The second-order valence-electron chi connectivity index (χ2n) is 4.00. The molecule has 0 bridgehead atoms. The summed E-state index contributed by atoms with van der Waals surface area (Å²) in [5.74, 6) is -0.448. The van der Waals surface area contributed by atoms with Gasteiger partial charge in [0.25, 0.3) is 0 Å². The van der Waals surface area contributed by atoms with Crippen LogP contribution >= 0.6 is 0 Å². The number of hydrogen-bond acceptors (Lipinski definition) is 3. The van der Waals surface area contributed by atoms with Crippen LogP contribution in [0.15, 0.2) is 48.5 Å². The van der Waals surface area contributed by atoms with Crippen LogP contribution in [0.5, 0.6) is 5.75 Å². The molecule has 0 radical (unpaired) electrons. The second-order valence-corrected chi connectivity index (χ2v) is 4.00. The maximum Gasteiger partial charge on any atom is 0.337 e. The molecule has 0 saturated carbocycles. The topological polar surface area (TPSA) is 72.1 Å². The third kappa shape index (κ3) is 2.63. The Kier molecular flexibility index (Phi) is 3.61. The number of methoxy groups -OCH3 is 1. The van der Waals surface area contributed by atoms with Crippen molar-refractivity contribution >= 4 is 11.7 Å². The molecule has 4 nitrogen and oxygen atoms in total. The average Bonchev–Trinajstić information content (AvgIpc) is 2.47. The predicted molar refractivity (Wildman–Crippen MR) is 71.0 cm³/mol. The number of phenols is 1. The summed E-state index contributed by atoms with van der Waals surface area (Å²) in [5.41, 5.74) is 1.94. The van der Waals surface area contributed by atoms with E-state index in [0.29, 0.717) is 16.8 Å². The highest BCUT2D eigenvalue weighted by atomic mass is 16.5. The fourth-order valence-corrected chi connectivity index (χ4v) is 1.77. The minimum absolute atomic E-state index is 0.0222. The summed E-state index contributed by atoms with van der Waals surface area (Å²) >= 11 is 0. The Balaban J connectivity index is 2.44. The largest absolute Gasteiger partial charge is 0.507 e. The monoisotopic (exact) mass is 256 g/mol. The molecular formula is C15H14NO3+. The van der Waals surface area contributed by atoms with Gasteiger partial charge in [0.05, 0.1) is 18.2 Å². The fraction of sp³-hybridized carbons (Fsp3) is 0.0667. The molecule has 0 aliphatic carbocycles. The molecule has 0 fully saturated rings. The number of carbonyl (C=O) groups is 1. The zero-order chi connectivity index (χ0) is 13.8. The molecule has 0 saturated heterocycles. The third-order valence-corrected chi connectivity index (χ3v) is 2.79. The van der Waals surface area contributed by atoms with Gasteiger partial charge in [0.2, 0.25) is 5.71 Å². The van der Waals surface area contributed by atoms with Crippen LogP contribution in [0.3, 0.4) is 0 Å². The van der Waals surface area contributed by atoms with Gasteiger partial charge in [-0.2, -0.15) is 0 Å². The molecule has 2 aromatic carbocycles. The van der Waals surface area contributed by atoms with Crippen molar-refractivity contribution in [1.82, 2.24) is 0 Å². The Hall–Kier alpha value is -2.62. The Bertz CT molecular complexity index is 621. The number of aromatic hydroxyl groups is 1. The summed E-state index contributed by atoms with van der Waals surface area (Å²) in [6.45, 7) is 0. The van der Waals surface area contributed by atoms with Gasteiger partial charge in [0, 0.05) is 5.56 Å². The van der Waals surface area contributed by atoms with Crippen LogP contribution in [-0.2, 0) is 4.74 Å². The van der Waals surface area contributed by atoms with E-state index in [0.717, 1.165) is 5.56 Å². The number of esters is 1. The molecule has 0 atom stereocenters. The van der Waals surface area contributed by atoms with Crippen LogP contribution in [-0.4, -0.2) is 23.9 Å². The molecule has 0 amide bonds. The first-order valence-electron chi connectivity index (χ1n) is 5.73. The van der Waals surface area contributed by atoms with E-state index in [9.17, 15) is 9.90 Å². The highest BCUT2D eigenvalue weighted by Gasteiger charge is 2.17. The Labute approximate surface area is 110 Å². The molecule has 0 spiro atoms. The number of ether oxygens (including phenoxy) is 1. The highest BCUT2D eigenvalue weighted by Crippen LogP contribution is 2.21. The number of benzene rings is 2. The summed E-state index contributed by atoms with van der Waals surface area (Å²) in [6, 6.07) is 13.7. The molecule has 2 aromatic rings. The summed E-state index contributed by atoms with van der Waals surface area (Å²) in [4.78, 5) is 11.5. The molecule has 2 rings (SSSR count). The fourth-order valence-electron chi connectivity index (χ4n) is 1.77. The van der Waals surface area contributed by atoms with Gasteiger partial charge in [0.1, 0.15) is 5.75 Å². The minimum atomic E-state index is -0.470. The number of rotatable bonds is 3. The van der Waals surface area contributed by atoms with Crippen molar-refractivity contribution in [2.24, 2.45) is 0 Å². The van der Waals surface area contributed by atoms with Crippen molar-refractivity contribution in [3.63, 3.8) is 0 Å². The lowest BCUT2D eigenvalue weighted by molar-refractivity contribution is -0.111. The van der Waals surface area contributed by atoms with Gasteiger partial charge in [-0.3, -0.25) is 5.41 Å². The predicted octanol–water partition coefficient (Wildman–Crippen LogP) is 0.775. The van der Waals surface area contributed by atoms with E-state index in [4.69, 9.17) is 5.41 Å². The average molecular weight is 256 g/mol. The summed E-state index contributed by atoms with van der Waals surface area (Å²) in [7, 11) is 1.30. The summed E-state index contributed by atoms with van der Waals surface area (Å²) in [5, 5.41) is 15.9. The second kappa shape index (κ2) is 5.35. The zero-order valence-electron chi connectivity index (χ0n) is 10.5. The van der Waals surface area contributed by atoms with Crippen molar-refractivity contribution in [2.75, 3.05) is 7.11 Å². The standard InChI is InChI=1S/C15H13NO3/c1-19-15(18)11-7-8-13(17)12(9-11)14(16)10-5-3-2-4-6-10/h2-9,16-17H,1H3/p+1. The van der Waals surface area contributed by atoms with Crippen molar-refractivity contribution in [3.8, 4) is 5.75 Å². The van der Waals surface area contributed by atoms with Gasteiger partial charge < -0.3 is 9.84 Å². The highest BCUT2D eigenvalue weighted by molar-refractivity contribution is 6.11. The smallest absolute Gasteiger partial charge is 0.337 e. The molecule has 0 unspecified atom stereocenters. The van der Waals surface area contributed by atoms with Crippen LogP contribution < -0.4 is 5.41 Å². The Morgan fingerprint density at radius 2 is 1.79 bits per heavy atom. The van der Waals surface area contributed by atoms with Gasteiger partial charge in [-0.25, -0.2) is 4.79 Å². The lowest BCUT2D eigenvalue weighted by atomic mass is 9.99. The SMILES string of the molecule is COC(=O)c1ccc(O)c(C(=[NH2+])c2ccccc2)c1. The molecule has 0 heterocycles. The van der Waals surface area contributed by atoms with Gasteiger partial charge in [0.15, 0.2) is 0 Å². The molecule has 19 heavy (non-hydrogen) atoms. The van der Waals surface area contributed by atoms with Gasteiger partial charge in [-0.05, 0) is 30.3 Å².